The molecular weight excluding hydrogens is 372 g/mol. The molecule has 5 nitrogen and oxygen atoms in total. The SMILES string of the molecule is O=C(Cc1cccc(Cl)c1)NCCn1c(-c2ccccc2)nc2cccnc21. The van der Waals surface area contributed by atoms with E-state index in [1.807, 2.05) is 65.2 Å². The lowest BCUT2D eigenvalue weighted by Gasteiger charge is -2.10. The molecule has 0 bridgehead atoms. The normalized spacial score (nSPS) is 10.9. The van der Waals surface area contributed by atoms with Crippen LogP contribution in [0.3, 0.4) is 0 Å². The van der Waals surface area contributed by atoms with Gasteiger partial charge in [0.25, 0.3) is 0 Å². The number of rotatable bonds is 6. The summed E-state index contributed by atoms with van der Waals surface area (Å²) in [5, 5.41) is 3.61. The molecule has 0 aliphatic carbocycles. The third-order valence-corrected chi connectivity index (χ3v) is 4.68. The van der Waals surface area contributed by atoms with E-state index in [4.69, 9.17) is 16.6 Å². The van der Waals surface area contributed by atoms with Crippen molar-refractivity contribution in [3.63, 3.8) is 0 Å². The van der Waals surface area contributed by atoms with Crippen molar-refractivity contribution in [2.45, 2.75) is 13.0 Å². The number of benzene rings is 2. The van der Waals surface area contributed by atoms with Gasteiger partial charge in [-0.2, -0.15) is 0 Å². The molecule has 0 saturated carbocycles. The van der Waals surface area contributed by atoms with E-state index in [-0.39, 0.29) is 5.91 Å². The maximum Gasteiger partial charge on any atom is 0.224 e. The fourth-order valence-electron chi connectivity index (χ4n) is 3.18. The average Bonchev–Trinajstić information content (AvgIpc) is 3.07. The molecule has 4 aromatic rings. The number of pyridine rings is 1. The Bertz CT molecular complexity index is 1110. The molecule has 2 aromatic heterocycles. The molecule has 6 heteroatoms. The molecule has 0 aliphatic heterocycles. The molecule has 2 heterocycles. The molecule has 0 atom stereocenters. The summed E-state index contributed by atoms with van der Waals surface area (Å²) in [5.41, 5.74) is 3.56. The summed E-state index contributed by atoms with van der Waals surface area (Å²) in [6.45, 7) is 1.07. The summed E-state index contributed by atoms with van der Waals surface area (Å²) in [7, 11) is 0. The van der Waals surface area contributed by atoms with E-state index in [0.29, 0.717) is 24.5 Å². The molecule has 0 radical (unpaired) electrons. The first-order valence-electron chi connectivity index (χ1n) is 9.08. The highest BCUT2D eigenvalue weighted by Crippen LogP contribution is 2.23. The first-order chi connectivity index (χ1) is 13.7. The largest absolute Gasteiger partial charge is 0.354 e. The van der Waals surface area contributed by atoms with Crippen molar-refractivity contribution in [3.8, 4) is 11.4 Å². The second kappa shape index (κ2) is 8.23. The Morgan fingerprint density at radius 1 is 1.04 bits per heavy atom. The van der Waals surface area contributed by atoms with Gasteiger partial charge >= 0.3 is 0 Å². The van der Waals surface area contributed by atoms with Crippen LogP contribution in [0.25, 0.3) is 22.6 Å². The quantitative estimate of drug-likeness (QED) is 0.539. The van der Waals surface area contributed by atoms with Crippen LogP contribution < -0.4 is 5.32 Å². The predicted octanol–water partition coefficient (Wildman–Crippen LogP) is 4.11. The zero-order chi connectivity index (χ0) is 19.3. The minimum Gasteiger partial charge on any atom is -0.354 e. The van der Waals surface area contributed by atoms with Crippen LogP contribution in [0.4, 0.5) is 0 Å². The Morgan fingerprint density at radius 3 is 2.71 bits per heavy atom. The monoisotopic (exact) mass is 390 g/mol. The standard InChI is InChI=1S/C22H19ClN4O/c23-18-9-4-6-16(14-18)15-20(28)24-12-13-27-21(17-7-2-1-3-8-17)26-19-10-5-11-25-22(19)27/h1-11,14H,12-13,15H2,(H,24,28). The van der Waals surface area contributed by atoms with Crippen LogP contribution in [0.2, 0.25) is 5.02 Å². The minimum atomic E-state index is -0.0408. The number of amides is 1. The van der Waals surface area contributed by atoms with Crippen LogP contribution in [-0.4, -0.2) is 27.0 Å². The highest BCUT2D eigenvalue weighted by molar-refractivity contribution is 6.30. The molecule has 28 heavy (non-hydrogen) atoms. The fraction of sp³-hybridized carbons (Fsp3) is 0.136. The van der Waals surface area contributed by atoms with Gasteiger partial charge in [-0.3, -0.25) is 4.79 Å². The van der Waals surface area contributed by atoms with Gasteiger partial charge in [0, 0.05) is 29.9 Å². The Morgan fingerprint density at radius 2 is 1.89 bits per heavy atom. The zero-order valence-electron chi connectivity index (χ0n) is 15.2. The number of fused-ring (bicyclic) bond motifs is 1. The van der Waals surface area contributed by atoms with Crippen LogP contribution in [0.1, 0.15) is 5.56 Å². The van der Waals surface area contributed by atoms with Gasteiger partial charge in [-0.25, -0.2) is 9.97 Å². The molecule has 1 amide bonds. The maximum atomic E-state index is 12.3. The molecule has 0 saturated heterocycles. The van der Waals surface area contributed by atoms with Crippen LogP contribution in [0.5, 0.6) is 0 Å². The summed E-state index contributed by atoms with van der Waals surface area (Å²) in [5.74, 6) is 0.805. The number of carbonyl (C=O) groups is 1. The van der Waals surface area contributed by atoms with Crippen LogP contribution in [-0.2, 0) is 17.8 Å². The molecule has 0 aliphatic rings. The van der Waals surface area contributed by atoms with Crippen LogP contribution in [0, 0.1) is 0 Å². The van der Waals surface area contributed by atoms with Crippen molar-refractivity contribution in [2.75, 3.05) is 6.54 Å². The van der Waals surface area contributed by atoms with Crippen LogP contribution >= 0.6 is 11.6 Å². The molecule has 4 rings (SSSR count). The van der Waals surface area contributed by atoms with E-state index in [1.165, 1.54) is 0 Å². The number of carbonyl (C=O) groups excluding carboxylic acids is 1. The van der Waals surface area contributed by atoms with E-state index < -0.39 is 0 Å². The van der Waals surface area contributed by atoms with Crippen molar-refractivity contribution in [1.29, 1.82) is 0 Å². The minimum absolute atomic E-state index is 0.0408. The van der Waals surface area contributed by atoms with E-state index in [2.05, 4.69) is 10.3 Å². The summed E-state index contributed by atoms with van der Waals surface area (Å²) in [6.07, 6.45) is 2.06. The van der Waals surface area contributed by atoms with E-state index in [0.717, 1.165) is 28.1 Å². The second-order valence-electron chi connectivity index (χ2n) is 6.46. The molecule has 0 fully saturated rings. The maximum absolute atomic E-state index is 12.3. The van der Waals surface area contributed by atoms with Gasteiger partial charge in [-0.15, -0.1) is 0 Å². The number of halogens is 1. The zero-order valence-corrected chi connectivity index (χ0v) is 15.9. The Hall–Kier alpha value is -3.18. The summed E-state index contributed by atoms with van der Waals surface area (Å²) >= 11 is 5.98. The van der Waals surface area contributed by atoms with Crippen molar-refractivity contribution in [1.82, 2.24) is 19.9 Å². The van der Waals surface area contributed by atoms with E-state index >= 15 is 0 Å². The average molecular weight is 391 g/mol. The lowest BCUT2D eigenvalue weighted by molar-refractivity contribution is -0.120. The molecule has 140 valence electrons. The predicted molar refractivity (Wildman–Crippen MR) is 111 cm³/mol. The molecule has 1 N–H and O–H groups in total. The van der Waals surface area contributed by atoms with Crippen molar-refractivity contribution >= 4 is 28.7 Å². The third kappa shape index (κ3) is 4.05. The highest BCUT2D eigenvalue weighted by atomic mass is 35.5. The fourth-order valence-corrected chi connectivity index (χ4v) is 3.39. The second-order valence-corrected chi connectivity index (χ2v) is 6.89. The lowest BCUT2D eigenvalue weighted by Crippen LogP contribution is -2.28. The molecule has 0 unspecified atom stereocenters. The number of hydrogen-bond acceptors (Lipinski definition) is 3. The van der Waals surface area contributed by atoms with Gasteiger partial charge in [-0.05, 0) is 29.8 Å². The topological polar surface area (TPSA) is 59.8 Å². The Balaban J connectivity index is 1.49. The van der Waals surface area contributed by atoms with E-state index in [9.17, 15) is 4.79 Å². The lowest BCUT2D eigenvalue weighted by atomic mass is 10.1. The molecular formula is C22H19ClN4O. The van der Waals surface area contributed by atoms with Gasteiger partial charge in [-0.1, -0.05) is 54.1 Å². The summed E-state index contributed by atoms with van der Waals surface area (Å²) in [4.78, 5) is 21.5. The van der Waals surface area contributed by atoms with Crippen molar-refractivity contribution in [3.05, 3.63) is 83.5 Å². The number of hydrogen-bond donors (Lipinski definition) is 1. The van der Waals surface area contributed by atoms with Gasteiger partial charge < -0.3 is 9.88 Å². The van der Waals surface area contributed by atoms with Gasteiger partial charge in [0.05, 0.1) is 6.42 Å². The van der Waals surface area contributed by atoms with Gasteiger partial charge in [0.2, 0.25) is 5.91 Å². The first kappa shape index (κ1) is 18.2. The molecule has 2 aromatic carbocycles. The van der Waals surface area contributed by atoms with Crippen LogP contribution in [0.15, 0.2) is 72.9 Å². The highest BCUT2D eigenvalue weighted by Gasteiger charge is 2.13. The Kier molecular flexibility index (Phi) is 5.35. The third-order valence-electron chi connectivity index (χ3n) is 4.45. The van der Waals surface area contributed by atoms with Crippen molar-refractivity contribution < 1.29 is 4.79 Å². The summed E-state index contributed by atoms with van der Waals surface area (Å²) < 4.78 is 2.05. The van der Waals surface area contributed by atoms with Gasteiger partial charge in [0.15, 0.2) is 5.65 Å². The first-order valence-corrected chi connectivity index (χ1v) is 9.46. The van der Waals surface area contributed by atoms with Crippen molar-refractivity contribution in [2.24, 2.45) is 0 Å². The number of imidazole rings is 1. The number of nitrogens with zero attached hydrogens (tertiary/aromatic N) is 3. The molecule has 0 spiro atoms. The van der Waals surface area contributed by atoms with Gasteiger partial charge in [0.1, 0.15) is 11.3 Å². The number of nitrogens with one attached hydrogen (secondary N) is 1. The number of aromatic nitrogens is 3. The Labute approximate surface area is 168 Å². The smallest absolute Gasteiger partial charge is 0.224 e. The van der Waals surface area contributed by atoms with E-state index in [1.54, 1.807) is 12.3 Å². The summed E-state index contributed by atoms with van der Waals surface area (Å²) in [6, 6.07) is 21.2.